The Kier molecular flexibility index (Phi) is 6.74. The van der Waals surface area contributed by atoms with E-state index in [-0.39, 0.29) is 34.7 Å². The third-order valence-electron chi connectivity index (χ3n) is 2.10. The highest BCUT2D eigenvalue weighted by Gasteiger charge is 2.11. The number of carbonyl (C=O) groups is 1. The number of amides is 1. The van der Waals surface area contributed by atoms with E-state index >= 15 is 0 Å². The summed E-state index contributed by atoms with van der Waals surface area (Å²) in [6.45, 7) is -0.329. The van der Waals surface area contributed by atoms with Crippen LogP contribution in [-0.2, 0) is 4.79 Å². The molecule has 0 radical (unpaired) electrons. The molecule has 1 rings (SSSR count). The maximum absolute atomic E-state index is 11.6. The highest BCUT2D eigenvalue weighted by molar-refractivity contribution is 8.00. The predicted molar refractivity (Wildman–Crippen MR) is 79.9 cm³/mol. The summed E-state index contributed by atoms with van der Waals surface area (Å²) in [4.78, 5) is 11.6. The molecule has 19 heavy (non-hydrogen) atoms. The standard InChI is InChI=1S/C11H14Cl2N2O3S/c12-6-1-8(13)11(9(14)2-6)15-10(18)5-19-4-7(17)3-16/h1-2,7,16-17H,3-5,14H2,(H,15,18). The molecule has 106 valence electrons. The lowest BCUT2D eigenvalue weighted by Gasteiger charge is -2.11. The van der Waals surface area contributed by atoms with Gasteiger partial charge in [0.25, 0.3) is 0 Å². The largest absolute Gasteiger partial charge is 0.397 e. The Hall–Kier alpha value is -0.660. The van der Waals surface area contributed by atoms with Gasteiger partial charge < -0.3 is 21.3 Å². The molecule has 1 amide bonds. The van der Waals surface area contributed by atoms with Crippen LogP contribution < -0.4 is 11.1 Å². The van der Waals surface area contributed by atoms with E-state index in [2.05, 4.69) is 5.32 Å². The smallest absolute Gasteiger partial charge is 0.234 e. The van der Waals surface area contributed by atoms with E-state index in [1.165, 1.54) is 23.9 Å². The number of thioether (sulfide) groups is 1. The zero-order valence-electron chi connectivity index (χ0n) is 9.90. The van der Waals surface area contributed by atoms with Crippen molar-refractivity contribution in [2.75, 3.05) is 29.2 Å². The Bertz CT molecular complexity index is 437. The van der Waals surface area contributed by atoms with Crippen LogP contribution in [0, 0.1) is 0 Å². The van der Waals surface area contributed by atoms with Crippen LogP contribution in [0.15, 0.2) is 12.1 Å². The van der Waals surface area contributed by atoms with E-state index in [4.69, 9.17) is 39.1 Å². The van der Waals surface area contributed by atoms with Crippen molar-refractivity contribution in [3.8, 4) is 0 Å². The first-order chi connectivity index (χ1) is 8.93. The van der Waals surface area contributed by atoms with E-state index < -0.39 is 6.10 Å². The fourth-order valence-electron chi connectivity index (χ4n) is 1.24. The summed E-state index contributed by atoms with van der Waals surface area (Å²) < 4.78 is 0. The second-order valence-electron chi connectivity index (χ2n) is 3.75. The summed E-state index contributed by atoms with van der Waals surface area (Å²) in [5, 5.41) is 21.0. The molecule has 0 fully saturated rings. The second-order valence-corrected chi connectivity index (χ2v) is 5.63. The van der Waals surface area contributed by atoms with Gasteiger partial charge >= 0.3 is 0 Å². The Morgan fingerprint density at radius 3 is 2.74 bits per heavy atom. The molecule has 0 aliphatic rings. The molecule has 1 atom stereocenters. The number of rotatable bonds is 6. The van der Waals surface area contributed by atoms with Gasteiger partial charge in [-0.2, -0.15) is 0 Å². The van der Waals surface area contributed by atoms with Gasteiger partial charge in [-0.05, 0) is 12.1 Å². The van der Waals surface area contributed by atoms with Crippen molar-refractivity contribution >= 4 is 52.2 Å². The van der Waals surface area contributed by atoms with Crippen LogP contribution in [0.3, 0.4) is 0 Å². The molecule has 5 nitrogen and oxygen atoms in total. The van der Waals surface area contributed by atoms with Gasteiger partial charge in [-0.1, -0.05) is 23.2 Å². The van der Waals surface area contributed by atoms with Crippen molar-refractivity contribution in [3.05, 3.63) is 22.2 Å². The first kappa shape index (κ1) is 16.4. The highest BCUT2D eigenvalue weighted by Crippen LogP contribution is 2.32. The predicted octanol–water partition coefficient (Wildman–Crippen LogP) is 1.60. The first-order valence-corrected chi connectivity index (χ1v) is 7.26. The molecule has 1 unspecified atom stereocenters. The summed E-state index contributed by atoms with van der Waals surface area (Å²) in [6.07, 6.45) is -0.831. The first-order valence-electron chi connectivity index (χ1n) is 5.35. The summed E-state index contributed by atoms with van der Waals surface area (Å²) in [5.41, 5.74) is 6.31. The van der Waals surface area contributed by atoms with Gasteiger partial charge in [-0.25, -0.2) is 0 Å². The topological polar surface area (TPSA) is 95.6 Å². The average molecular weight is 325 g/mol. The van der Waals surface area contributed by atoms with Crippen LogP contribution >= 0.6 is 35.0 Å². The monoisotopic (exact) mass is 324 g/mol. The number of hydrogen-bond donors (Lipinski definition) is 4. The number of anilines is 2. The van der Waals surface area contributed by atoms with Crippen molar-refractivity contribution in [1.82, 2.24) is 0 Å². The Labute approximate surface area is 125 Å². The molecule has 1 aromatic carbocycles. The Morgan fingerprint density at radius 1 is 1.47 bits per heavy atom. The number of hydrogen-bond acceptors (Lipinski definition) is 5. The van der Waals surface area contributed by atoms with Gasteiger partial charge in [0.05, 0.1) is 34.9 Å². The molecule has 1 aromatic rings. The number of benzene rings is 1. The minimum Gasteiger partial charge on any atom is -0.397 e. The van der Waals surface area contributed by atoms with Crippen LogP contribution in [-0.4, -0.2) is 40.3 Å². The number of nitrogen functional groups attached to an aromatic ring is 1. The molecule has 0 spiro atoms. The molecular weight excluding hydrogens is 311 g/mol. The normalized spacial score (nSPS) is 12.2. The van der Waals surface area contributed by atoms with Crippen LogP contribution in [0.25, 0.3) is 0 Å². The van der Waals surface area contributed by atoms with Gasteiger partial charge in [0.15, 0.2) is 0 Å². The minimum absolute atomic E-state index is 0.120. The quantitative estimate of drug-likeness (QED) is 0.596. The maximum atomic E-state index is 11.6. The van der Waals surface area contributed by atoms with Gasteiger partial charge in [0, 0.05) is 10.8 Å². The van der Waals surface area contributed by atoms with E-state index in [0.29, 0.717) is 10.7 Å². The molecule has 0 bridgehead atoms. The molecule has 0 aliphatic heterocycles. The molecule has 0 saturated heterocycles. The van der Waals surface area contributed by atoms with Crippen LogP contribution in [0.4, 0.5) is 11.4 Å². The molecule has 0 aromatic heterocycles. The van der Waals surface area contributed by atoms with Crippen LogP contribution in [0.1, 0.15) is 0 Å². The lowest BCUT2D eigenvalue weighted by atomic mass is 10.2. The molecule has 0 heterocycles. The number of aliphatic hydroxyl groups is 2. The van der Waals surface area contributed by atoms with Crippen molar-refractivity contribution in [2.45, 2.75) is 6.10 Å². The van der Waals surface area contributed by atoms with E-state index in [9.17, 15) is 4.79 Å². The highest BCUT2D eigenvalue weighted by atomic mass is 35.5. The van der Waals surface area contributed by atoms with Crippen molar-refractivity contribution in [3.63, 3.8) is 0 Å². The number of nitrogens with two attached hydrogens (primary N) is 1. The molecule has 5 N–H and O–H groups in total. The average Bonchev–Trinajstić information content (AvgIpc) is 2.33. The molecule has 0 saturated carbocycles. The SMILES string of the molecule is Nc1cc(Cl)cc(Cl)c1NC(=O)CSCC(O)CO. The van der Waals surface area contributed by atoms with Gasteiger partial charge in [0.2, 0.25) is 5.91 Å². The molecule has 8 heteroatoms. The van der Waals surface area contributed by atoms with Gasteiger partial charge in [-0.3, -0.25) is 4.79 Å². The summed E-state index contributed by atoms with van der Waals surface area (Å²) in [6, 6.07) is 2.98. The van der Waals surface area contributed by atoms with E-state index in [0.717, 1.165) is 0 Å². The zero-order chi connectivity index (χ0) is 14.4. The number of nitrogens with one attached hydrogen (secondary N) is 1. The van der Waals surface area contributed by atoms with Gasteiger partial charge in [-0.15, -0.1) is 11.8 Å². The van der Waals surface area contributed by atoms with Crippen molar-refractivity contribution < 1.29 is 15.0 Å². The summed E-state index contributed by atoms with van der Waals surface area (Å²) in [7, 11) is 0. The minimum atomic E-state index is -0.831. The Balaban J connectivity index is 2.53. The Morgan fingerprint density at radius 2 is 2.16 bits per heavy atom. The second kappa shape index (κ2) is 7.81. The third kappa shape index (κ3) is 5.46. The van der Waals surface area contributed by atoms with Crippen LogP contribution in [0.5, 0.6) is 0 Å². The zero-order valence-corrected chi connectivity index (χ0v) is 12.2. The summed E-state index contributed by atoms with van der Waals surface area (Å²) in [5.74, 6) is 0.0921. The van der Waals surface area contributed by atoms with Gasteiger partial charge in [0.1, 0.15) is 0 Å². The van der Waals surface area contributed by atoms with E-state index in [1.807, 2.05) is 0 Å². The van der Waals surface area contributed by atoms with Crippen molar-refractivity contribution in [1.29, 1.82) is 0 Å². The fraction of sp³-hybridized carbons (Fsp3) is 0.364. The number of aliphatic hydroxyl groups excluding tert-OH is 2. The third-order valence-corrected chi connectivity index (χ3v) is 3.71. The van der Waals surface area contributed by atoms with Crippen LogP contribution in [0.2, 0.25) is 10.0 Å². The molecular formula is C11H14Cl2N2O3S. The summed E-state index contributed by atoms with van der Waals surface area (Å²) >= 11 is 12.9. The number of carbonyl (C=O) groups excluding carboxylic acids is 1. The van der Waals surface area contributed by atoms with E-state index in [1.54, 1.807) is 0 Å². The maximum Gasteiger partial charge on any atom is 0.234 e. The lowest BCUT2D eigenvalue weighted by Crippen LogP contribution is -2.19. The molecule has 0 aliphatic carbocycles. The van der Waals surface area contributed by atoms with Crippen molar-refractivity contribution in [2.24, 2.45) is 0 Å². The number of halogens is 2. The fourth-order valence-corrected chi connectivity index (χ4v) is 2.55. The lowest BCUT2D eigenvalue weighted by molar-refractivity contribution is -0.113.